The molecule has 1 atom stereocenters. The zero-order valence-corrected chi connectivity index (χ0v) is 16.2. The molecule has 0 aromatic heterocycles. The first-order chi connectivity index (χ1) is 12.2. The third kappa shape index (κ3) is 5.18. The molecule has 0 bridgehead atoms. The van der Waals surface area contributed by atoms with Crippen molar-refractivity contribution in [2.45, 2.75) is 38.0 Å². The number of nitrogens with zero attached hydrogens (tertiary/aromatic N) is 2. The van der Waals surface area contributed by atoms with E-state index < -0.39 is 0 Å². The van der Waals surface area contributed by atoms with Crippen LogP contribution in [0, 0.1) is 0 Å². The average Bonchev–Trinajstić information content (AvgIpc) is 3.30. The standard InChI is InChI=1S/C20H30N4S/c1-3-21-19(23-16-20(2)10-7-13-25-20)22-15-17-8-6-9-18(14-17)24-11-4-5-12-24/h4-6,8-9,14H,3,7,10-13,15-16H2,1-2H3,(H2,21,22,23). The van der Waals surface area contributed by atoms with Crippen LogP contribution in [0.15, 0.2) is 41.4 Å². The zero-order valence-electron chi connectivity index (χ0n) is 15.4. The Balaban J connectivity index is 1.59. The van der Waals surface area contributed by atoms with Crippen LogP contribution in [0.5, 0.6) is 0 Å². The Morgan fingerprint density at radius 3 is 2.84 bits per heavy atom. The molecule has 1 saturated heterocycles. The number of aliphatic imine (C=N–C) groups is 1. The summed E-state index contributed by atoms with van der Waals surface area (Å²) in [6.45, 7) is 9.05. The molecule has 2 aliphatic rings. The Labute approximate surface area is 156 Å². The van der Waals surface area contributed by atoms with Crippen LogP contribution >= 0.6 is 11.8 Å². The summed E-state index contributed by atoms with van der Waals surface area (Å²) < 4.78 is 0.346. The first kappa shape index (κ1) is 18.2. The molecule has 2 heterocycles. The Morgan fingerprint density at radius 1 is 1.28 bits per heavy atom. The lowest BCUT2D eigenvalue weighted by atomic mass is 10.1. The van der Waals surface area contributed by atoms with Crippen LogP contribution in [-0.2, 0) is 6.54 Å². The number of hydrogen-bond acceptors (Lipinski definition) is 3. The molecule has 5 heteroatoms. The number of nitrogens with one attached hydrogen (secondary N) is 2. The fraction of sp³-hybridized carbons (Fsp3) is 0.550. The predicted molar refractivity (Wildman–Crippen MR) is 111 cm³/mol. The first-order valence-corrected chi connectivity index (χ1v) is 10.3. The van der Waals surface area contributed by atoms with Crippen LogP contribution in [0.4, 0.5) is 5.69 Å². The van der Waals surface area contributed by atoms with E-state index in [0.717, 1.165) is 32.1 Å². The minimum absolute atomic E-state index is 0.346. The highest BCUT2D eigenvalue weighted by molar-refractivity contribution is 8.00. The molecule has 136 valence electrons. The Hall–Kier alpha value is -1.62. The van der Waals surface area contributed by atoms with Crippen molar-refractivity contribution in [1.82, 2.24) is 10.6 Å². The molecule has 0 saturated carbocycles. The molecule has 2 N–H and O–H groups in total. The van der Waals surface area contributed by atoms with E-state index >= 15 is 0 Å². The average molecular weight is 359 g/mol. The van der Waals surface area contributed by atoms with Gasteiger partial charge in [0.1, 0.15) is 0 Å². The molecule has 25 heavy (non-hydrogen) atoms. The van der Waals surface area contributed by atoms with E-state index in [1.807, 2.05) is 0 Å². The van der Waals surface area contributed by atoms with Crippen molar-refractivity contribution >= 4 is 23.4 Å². The van der Waals surface area contributed by atoms with E-state index in [-0.39, 0.29) is 0 Å². The van der Waals surface area contributed by atoms with E-state index in [4.69, 9.17) is 4.99 Å². The van der Waals surface area contributed by atoms with Crippen LogP contribution in [0.2, 0.25) is 0 Å². The largest absolute Gasteiger partial charge is 0.364 e. The fourth-order valence-electron chi connectivity index (χ4n) is 3.30. The number of anilines is 1. The zero-order chi connectivity index (χ0) is 17.5. The lowest BCUT2D eigenvalue weighted by Crippen LogP contribution is -2.43. The second-order valence-electron chi connectivity index (χ2n) is 7.00. The molecule has 1 unspecified atom stereocenters. The molecule has 2 aliphatic heterocycles. The molecular weight excluding hydrogens is 328 g/mol. The minimum atomic E-state index is 0.346. The second kappa shape index (κ2) is 8.65. The molecule has 0 amide bonds. The normalized spacial score (nSPS) is 23.3. The predicted octanol–water partition coefficient (Wildman–Crippen LogP) is 3.40. The summed E-state index contributed by atoms with van der Waals surface area (Å²) in [6, 6.07) is 8.74. The van der Waals surface area contributed by atoms with Gasteiger partial charge in [0, 0.05) is 36.6 Å². The van der Waals surface area contributed by atoms with Crippen molar-refractivity contribution in [1.29, 1.82) is 0 Å². The number of thioether (sulfide) groups is 1. The highest BCUT2D eigenvalue weighted by Crippen LogP contribution is 2.36. The highest BCUT2D eigenvalue weighted by atomic mass is 32.2. The molecular formula is C20H30N4S. The maximum absolute atomic E-state index is 4.79. The summed E-state index contributed by atoms with van der Waals surface area (Å²) in [7, 11) is 0. The molecule has 4 nitrogen and oxygen atoms in total. The summed E-state index contributed by atoms with van der Waals surface area (Å²) in [5, 5.41) is 6.91. The molecule has 0 spiro atoms. The molecule has 1 aromatic rings. The van der Waals surface area contributed by atoms with Crippen LogP contribution in [0.1, 0.15) is 32.3 Å². The fourth-order valence-corrected chi connectivity index (χ4v) is 4.54. The van der Waals surface area contributed by atoms with Gasteiger partial charge in [-0.2, -0.15) is 11.8 Å². The van der Waals surface area contributed by atoms with Gasteiger partial charge in [0.2, 0.25) is 0 Å². The van der Waals surface area contributed by atoms with Gasteiger partial charge in [0.15, 0.2) is 5.96 Å². The van der Waals surface area contributed by atoms with Gasteiger partial charge in [-0.3, -0.25) is 0 Å². The summed E-state index contributed by atoms with van der Waals surface area (Å²) in [5.74, 6) is 2.20. The molecule has 0 radical (unpaired) electrons. The van der Waals surface area contributed by atoms with Crippen LogP contribution in [0.3, 0.4) is 0 Å². The lowest BCUT2D eigenvalue weighted by Gasteiger charge is -2.24. The van der Waals surface area contributed by atoms with Crippen molar-refractivity contribution in [3.8, 4) is 0 Å². The molecule has 1 fully saturated rings. The molecule has 0 aliphatic carbocycles. The van der Waals surface area contributed by atoms with Gasteiger partial charge in [0.25, 0.3) is 0 Å². The van der Waals surface area contributed by atoms with Gasteiger partial charge in [0.05, 0.1) is 6.54 Å². The molecule has 3 rings (SSSR count). The van der Waals surface area contributed by atoms with Crippen molar-refractivity contribution in [3.05, 3.63) is 42.0 Å². The maximum Gasteiger partial charge on any atom is 0.191 e. The summed E-state index contributed by atoms with van der Waals surface area (Å²) in [5.41, 5.74) is 2.54. The second-order valence-corrected chi connectivity index (χ2v) is 8.68. The van der Waals surface area contributed by atoms with Crippen LogP contribution in [-0.4, -0.2) is 42.6 Å². The number of guanidine groups is 1. The number of hydrogen-bond donors (Lipinski definition) is 2. The van der Waals surface area contributed by atoms with Gasteiger partial charge in [-0.05, 0) is 50.1 Å². The Bertz CT molecular complexity index is 612. The van der Waals surface area contributed by atoms with Gasteiger partial charge < -0.3 is 15.5 Å². The summed E-state index contributed by atoms with van der Waals surface area (Å²) >= 11 is 2.08. The van der Waals surface area contributed by atoms with E-state index in [0.29, 0.717) is 11.3 Å². The van der Waals surface area contributed by atoms with Gasteiger partial charge in [-0.25, -0.2) is 4.99 Å². The highest BCUT2D eigenvalue weighted by Gasteiger charge is 2.29. The number of rotatable bonds is 6. The van der Waals surface area contributed by atoms with Crippen molar-refractivity contribution < 1.29 is 0 Å². The minimum Gasteiger partial charge on any atom is -0.364 e. The SMILES string of the molecule is CCNC(=NCc1cccc(N2CC=CC2)c1)NCC1(C)CCCS1. The summed E-state index contributed by atoms with van der Waals surface area (Å²) in [4.78, 5) is 7.16. The third-order valence-corrected chi connectivity index (χ3v) is 6.33. The van der Waals surface area contributed by atoms with Crippen molar-refractivity contribution in [2.24, 2.45) is 4.99 Å². The van der Waals surface area contributed by atoms with Gasteiger partial charge in [-0.1, -0.05) is 24.3 Å². The Morgan fingerprint density at radius 2 is 2.12 bits per heavy atom. The Kier molecular flexibility index (Phi) is 6.29. The van der Waals surface area contributed by atoms with E-state index in [9.17, 15) is 0 Å². The first-order valence-electron chi connectivity index (χ1n) is 9.33. The van der Waals surface area contributed by atoms with Gasteiger partial charge >= 0.3 is 0 Å². The van der Waals surface area contributed by atoms with Crippen LogP contribution < -0.4 is 15.5 Å². The number of benzene rings is 1. The van der Waals surface area contributed by atoms with E-state index in [1.165, 1.54) is 29.8 Å². The monoisotopic (exact) mass is 358 g/mol. The topological polar surface area (TPSA) is 39.7 Å². The van der Waals surface area contributed by atoms with Crippen LogP contribution in [0.25, 0.3) is 0 Å². The van der Waals surface area contributed by atoms with Crippen molar-refractivity contribution in [3.63, 3.8) is 0 Å². The third-order valence-electron chi connectivity index (χ3n) is 4.79. The maximum atomic E-state index is 4.79. The van der Waals surface area contributed by atoms with E-state index in [2.05, 4.69) is 77.6 Å². The lowest BCUT2D eigenvalue weighted by molar-refractivity contribution is 0.584. The molecule has 1 aromatic carbocycles. The van der Waals surface area contributed by atoms with Gasteiger partial charge in [-0.15, -0.1) is 0 Å². The smallest absolute Gasteiger partial charge is 0.191 e. The quantitative estimate of drug-likeness (QED) is 0.464. The van der Waals surface area contributed by atoms with E-state index in [1.54, 1.807) is 0 Å². The van der Waals surface area contributed by atoms with Crippen molar-refractivity contribution in [2.75, 3.05) is 36.8 Å². The summed E-state index contributed by atoms with van der Waals surface area (Å²) in [6.07, 6.45) is 7.06.